The first kappa shape index (κ1) is 16.7. The number of aromatic nitrogens is 4. The van der Waals surface area contributed by atoms with Crippen molar-refractivity contribution in [1.82, 2.24) is 25.1 Å². The number of likely N-dealkylation sites (tertiary alicyclic amines) is 1. The van der Waals surface area contributed by atoms with Gasteiger partial charge in [0.15, 0.2) is 12.6 Å². The van der Waals surface area contributed by atoms with Crippen molar-refractivity contribution in [2.45, 2.75) is 25.3 Å². The maximum atomic E-state index is 12.5. The summed E-state index contributed by atoms with van der Waals surface area (Å²) in [6, 6.07) is 8.55. The average molecular weight is 343 g/mol. The van der Waals surface area contributed by atoms with Gasteiger partial charge in [0.25, 0.3) is 5.91 Å². The van der Waals surface area contributed by atoms with Gasteiger partial charge in [-0.3, -0.25) is 14.5 Å². The highest BCUT2D eigenvalue weighted by molar-refractivity contribution is 5.97. The molecule has 1 aromatic carbocycles. The molecular formula is C16H17N5O4. The Bertz CT molecular complexity index is 747. The molecule has 2 aromatic rings. The van der Waals surface area contributed by atoms with E-state index in [2.05, 4.69) is 15.5 Å². The molecule has 1 aromatic heterocycles. The van der Waals surface area contributed by atoms with E-state index in [1.807, 2.05) is 30.3 Å². The van der Waals surface area contributed by atoms with Crippen molar-refractivity contribution < 1.29 is 19.1 Å². The number of ether oxygens (including phenoxy) is 1. The number of benzene rings is 1. The molecule has 0 bridgehead atoms. The minimum atomic E-state index is -0.792. The summed E-state index contributed by atoms with van der Waals surface area (Å²) in [4.78, 5) is 37.1. The standard InChI is InChI=1S/C16H17N5O4/c22-14-7-4-8-20(14)15(23)10-25-16(24)13(21-11-17-18-19-21)9-12-5-2-1-3-6-12/h1-3,5-6,11,13H,4,7-10H2/t13-/m0/s1. The van der Waals surface area contributed by atoms with Crippen LogP contribution in [0.3, 0.4) is 0 Å². The van der Waals surface area contributed by atoms with Crippen LogP contribution in [0.15, 0.2) is 36.7 Å². The van der Waals surface area contributed by atoms with Crippen LogP contribution < -0.4 is 0 Å². The van der Waals surface area contributed by atoms with Crippen molar-refractivity contribution in [2.24, 2.45) is 0 Å². The van der Waals surface area contributed by atoms with Crippen LogP contribution in [0.2, 0.25) is 0 Å². The van der Waals surface area contributed by atoms with Crippen LogP contribution in [-0.2, 0) is 25.5 Å². The summed E-state index contributed by atoms with van der Waals surface area (Å²) in [6.45, 7) is -0.104. The lowest BCUT2D eigenvalue weighted by atomic mass is 10.1. The zero-order valence-electron chi connectivity index (χ0n) is 13.4. The van der Waals surface area contributed by atoms with Crippen LogP contribution in [0.5, 0.6) is 0 Å². The number of imide groups is 1. The minimum absolute atomic E-state index is 0.234. The fraction of sp³-hybridized carbons (Fsp3) is 0.375. The van der Waals surface area contributed by atoms with Gasteiger partial charge >= 0.3 is 5.97 Å². The Hall–Kier alpha value is -3.10. The molecule has 130 valence electrons. The summed E-state index contributed by atoms with van der Waals surface area (Å²) < 4.78 is 6.42. The summed E-state index contributed by atoms with van der Waals surface area (Å²) in [5.74, 6) is -1.37. The fourth-order valence-electron chi connectivity index (χ4n) is 2.65. The molecule has 0 saturated carbocycles. The van der Waals surface area contributed by atoms with E-state index in [9.17, 15) is 14.4 Å². The zero-order chi connectivity index (χ0) is 17.6. The molecule has 2 amide bonds. The molecule has 9 nitrogen and oxygen atoms in total. The number of rotatable bonds is 6. The average Bonchev–Trinajstić information content (AvgIpc) is 3.30. The summed E-state index contributed by atoms with van der Waals surface area (Å²) >= 11 is 0. The van der Waals surface area contributed by atoms with E-state index in [1.165, 1.54) is 11.0 Å². The number of nitrogens with zero attached hydrogens (tertiary/aromatic N) is 5. The number of hydrogen-bond donors (Lipinski definition) is 0. The minimum Gasteiger partial charge on any atom is -0.454 e. The van der Waals surface area contributed by atoms with Gasteiger partial charge in [-0.2, -0.15) is 0 Å². The largest absolute Gasteiger partial charge is 0.454 e. The third kappa shape index (κ3) is 4.06. The molecule has 1 saturated heterocycles. The normalized spacial score (nSPS) is 15.2. The predicted molar refractivity (Wildman–Crippen MR) is 83.9 cm³/mol. The monoisotopic (exact) mass is 343 g/mol. The summed E-state index contributed by atoms with van der Waals surface area (Å²) in [5, 5.41) is 10.8. The molecule has 3 rings (SSSR count). The van der Waals surface area contributed by atoms with Gasteiger partial charge in [-0.1, -0.05) is 30.3 Å². The van der Waals surface area contributed by atoms with E-state index in [4.69, 9.17) is 4.74 Å². The highest BCUT2D eigenvalue weighted by atomic mass is 16.5. The van der Waals surface area contributed by atoms with Crippen molar-refractivity contribution in [3.8, 4) is 0 Å². The van der Waals surface area contributed by atoms with Crippen molar-refractivity contribution in [2.75, 3.05) is 13.2 Å². The Morgan fingerprint density at radius 3 is 2.68 bits per heavy atom. The lowest BCUT2D eigenvalue weighted by Gasteiger charge is -2.17. The van der Waals surface area contributed by atoms with Crippen molar-refractivity contribution in [3.05, 3.63) is 42.2 Å². The van der Waals surface area contributed by atoms with Crippen LogP contribution in [0.25, 0.3) is 0 Å². The first-order chi connectivity index (χ1) is 12.1. The summed E-state index contributed by atoms with van der Waals surface area (Å²) in [5.41, 5.74) is 0.904. The fourth-order valence-corrected chi connectivity index (χ4v) is 2.65. The van der Waals surface area contributed by atoms with Gasteiger partial charge in [-0.05, 0) is 22.4 Å². The second-order valence-electron chi connectivity index (χ2n) is 5.65. The third-order valence-electron chi connectivity index (χ3n) is 3.94. The SMILES string of the molecule is O=C(OCC(=O)N1CCCC1=O)[C@H](Cc1ccccc1)n1cnnn1. The number of hydrogen-bond acceptors (Lipinski definition) is 7. The van der Waals surface area contributed by atoms with Crippen molar-refractivity contribution >= 4 is 17.8 Å². The highest BCUT2D eigenvalue weighted by Gasteiger charge is 2.29. The second kappa shape index (κ2) is 7.65. The van der Waals surface area contributed by atoms with Crippen LogP contribution in [0.1, 0.15) is 24.4 Å². The molecule has 1 fully saturated rings. The molecular weight excluding hydrogens is 326 g/mol. The smallest absolute Gasteiger partial charge is 0.331 e. The molecule has 9 heteroatoms. The maximum absolute atomic E-state index is 12.5. The molecule has 0 aliphatic carbocycles. The Balaban J connectivity index is 1.65. The van der Waals surface area contributed by atoms with Gasteiger partial charge in [0.2, 0.25) is 5.91 Å². The zero-order valence-corrected chi connectivity index (χ0v) is 13.4. The van der Waals surface area contributed by atoms with Gasteiger partial charge in [-0.25, -0.2) is 9.48 Å². The van der Waals surface area contributed by atoms with Gasteiger partial charge < -0.3 is 4.74 Å². The quantitative estimate of drug-likeness (QED) is 0.687. The topological polar surface area (TPSA) is 107 Å². The van der Waals surface area contributed by atoms with Crippen molar-refractivity contribution in [3.63, 3.8) is 0 Å². The van der Waals surface area contributed by atoms with E-state index >= 15 is 0 Å². The van der Waals surface area contributed by atoms with E-state index in [0.29, 0.717) is 25.8 Å². The summed E-state index contributed by atoms with van der Waals surface area (Å²) in [7, 11) is 0. The molecule has 0 N–H and O–H groups in total. The molecule has 0 spiro atoms. The van der Waals surface area contributed by atoms with Gasteiger partial charge in [0.05, 0.1) is 0 Å². The van der Waals surface area contributed by atoms with E-state index < -0.39 is 24.5 Å². The number of carbonyl (C=O) groups is 3. The first-order valence-corrected chi connectivity index (χ1v) is 7.91. The molecule has 0 unspecified atom stereocenters. The van der Waals surface area contributed by atoms with E-state index in [-0.39, 0.29) is 5.91 Å². The van der Waals surface area contributed by atoms with Crippen molar-refractivity contribution in [1.29, 1.82) is 0 Å². The first-order valence-electron chi connectivity index (χ1n) is 7.91. The molecule has 1 aliphatic rings. The number of amides is 2. The Morgan fingerprint density at radius 2 is 2.04 bits per heavy atom. The Kier molecular flexibility index (Phi) is 5.12. The molecule has 25 heavy (non-hydrogen) atoms. The molecule has 1 aliphatic heterocycles. The Labute approximate surface area is 143 Å². The van der Waals surface area contributed by atoms with Gasteiger partial charge in [-0.15, -0.1) is 5.10 Å². The summed E-state index contributed by atoms with van der Waals surface area (Å²) in [6.07, 6.45) is 2.63. The highest BCUT2D eigenvalue weighted by Crippen LogP contribution is 2.15. The van der Waals surface area contributed by atoms with Crippen LogP contribution >= 0.6 is 0 Å². The Morgan fingerprint density at radius 1 is 1.24 bits per heavy atom. The lowest BCUT2D eigenvalue weighted by Crippen LogP contribution is -2.36. The molecule has 2 heterocycles. The van der Waals surface area contributed by atoms with Gasteiger partial charge in [0, 0.05) is 19.4 Å². The lowest BCUT2D eigenvalue weighted by molar-refractivity contribution is -0.157. The third-order valence-corrected chi connectivity index (χ3v) is 3.94. The molecule has 1 atom stereocenters. The van der Waals surface area contributed by atoms with Crippen LogP contribution in [0, 0.1) is 0 Å². The van der Waals surface area contributed by atoms with Gasteiger partial charge in [0.1, 0.15) is 6.33 Å². The maximum Gasteiger partial charge on any atom is 0.331 e. The predicted octanol–water partition coefficient (Wildman–Crippen LogP) is 0.149. The number of esters is 1. The second-order valence-corrected chi connectivity index (χ2v) is 5.65. The van der Waals surface area contributed by atoms with E-state index in [1.54, 1.807) is 0 Å². The number of tetrazole rings is 1. The molecule has 0 radical (unpaired) electrons. The van der Waals surface area contributed by atoms with E-state index in [0.717, 1.165) is 10.5 Å². The number of carbonyl (C=O) groups excluding carboxylic acids is 3. The van der Waals surface area contributed by atoms with Crippen LogP contribution in [0.4, 0.5) is 0 Å². The van der Waals surface area contributed by atoms with Crippen LogP contribution in [-0.4, -0.2) is 56.0 Å².